The number of aryl methyl sites for hydroxylation is 2. The standard InChI is InChI=1S/C18H19FN2O2/c1-12-8-9-13(2)18(14(12)3)23-11-17(22)21-20-10-15-6-4-5-7-16(15)19/h4-10H,11H2,1-3H3,(H,21,22). The van der Waals surface area contributed by atoms with Crippen LogP contribution >= 0.6 is 0 Å². The van der Waals surface area contributed by atoms with Gasteiger partial charge in [-0.15, -0.1) is 0 Å². The average Bonchev–Trinajstić information content (AvgIpc) is 2.53. The van der Waals surface area contributed by atoms with E-state index >= 15 is 0 Å². The van der Waals surface area contributed by atoms with Gasteiger partial charge in [0.2, 0.25) is 0 Å². The number of hydrazone groups is 1. The average molecular weight is 314 g/mol. The molecule has 0 spiro atoms. The van der Waals surface area contributed by atoms with Gasteiger partial charge in [-0.25, -0.2) is 9.82 Å². The van der Waals surface area contributed by atoms with Gasteiger partial charge in [-0.05, 0) is 43.5 Å². The Hall–Kier alpha value is -2.69. The summed E-state index contributed by atoms with van der Waals surface area (Å²) in [5.41, 5.74) is 5.70. The van der Waals surface area contributed by atoms with Gasteiger partial charge in [0.25, 0.3) is 5.91 Å². The first-order valence-electron chi connectivity index (χ1n) is 7.25. The lowest BCUT2D eigenvalue weighted by Gasteiger charge is -2.13. The fourth-order valence-corrected chi connectivity index (χ4v) is 2.07. The van der Waals surface area contributed by atoms with Crippen LogP contribution in [0.5, 0.6) is 5.75 Å². The lowest BCUT2D eigenvalue weighted by molar-refractivity contribution is -0.123. The normalized spacial score (nSPS) is 10.8. The van der Waals surface area contributed by atoms with Crippen LogP contribution in [0.2, 0.25) is 0 Å². The maximum absolute atomic E-state index is 13.4. The summed E-state index contributed by atoms with van der Waals surface area (Å²) in [5, 5.41) is 3.73. The molecule has 2 aromatic rings. The van der Waals surface area contributed by atoms with Gasteiger partial charge in [0.05, 0.1) is 6.21 Å². The number of hydrogen-bond acceptors (Lipinski definition) is 3. The van der Waals surface area contributed by atoms with E-state index in [0.29, 0.717) is 11.3 Å². The van der Waals surface area contributed by atoms with Crippen LogP contribution in [-0.4, -0.2) is 18.7 Å². The Morgan fingerprint density at radius 2 is 1.87 bits per heavy atom. The number of benzene rings is 2. The van der Waals surface area contributed by atoms with Gasteiger partial charge in [0, 0.05) is 5.56 Å². The Morgan fingerprint density at radius 1 is 1.17 bits per heavy atom. The fourth-order valence-electron chi connectivity index (χ4n) is 2.07. The van der Waals surface area contributed by atoms with Crippen molar-refractivity contribution in [3.63, 3.8) is 0 Å². The third-order valence-corrected chi connectivity index (χ3v) is 3.52. The molecule has 0 heterocycles. The molecule has 0 saturated carbocycles. The summed E-state index contributed by atoms with van der Waals surface area (Å²) in [7, 11) is 0. The highest BCUT2D eigenvalue weighted by atomic mass is 19.1. The van der Waals surface area contributed by atoms with Gasteiger partial charge in [-0.3, -0.25) is 4.79 Å². The summed E-state index contributed by atoms with van der Waals surface area (Å²) in [6.07, 6.45) is 1.26. The van der Waals surface area contributed by atoms with Crippen molar-refractivity contribution in [1.82, 2.24) is 5.43 Å². The number of hydrogen-bond donors (Lipinski definition) is 1. The monoisotopic (exact) mass is 314 g/mol. The molecule has 0 aliphatic rings. The molecule has 0 radical (unpaired) electrons. The zero-order chi connectivity index (χ0) is 16.8. The molecule has 0 aliphatic heterocycles. The summed E-state index contributed by atoms with van der Waals surface area (Å²) in [5.74, 6) is -0.0936. The minimum atomic E-state index is -0.405. The van der Waals surface area contributed by atoms with Crippen molar-refractivity contribution >= 4 is 12.1 Å². The van der Waals surface area contributed by atoms with Crippen molar-refractivity contribution in [2.75, 3.05) is 6.61 Å². The van der Waals surface area contributed by atoms with Gasteiger partial charge in [-0.1, -0.05) is 30.3 Å². The van der Waals surface area contributed by atoms with Crippen LogP contribution < -0.4 is 10.2 Å². The summed E-state index contributed by atoms with van der Waals surface area (Å²) >= 11 is 0. The molecule has 0 bridgehead atoms. The van der Waals surface area contributed by atoms with Crippen molar-refractivity contribution in [2.45, 2.75) is 20.8 Å². The number of halogens is 1. The van der Waals surface area contributed by atoms with Crippen LogP contribution in [0.3, 0.4) is 0 Å². The second-order valence-electron chi connectivity index (χ2n) is 5.26. The molecule has 1 amide bonds. The first-order valence-corrected chi connectivity index (χ1v) is 7.25. The number of ether oxygens (including phenoxy) is 1. The van der Waals surface area contributed by atoms with E-state index in [-0.39, 0.29) is 6.61 Å². The lowest BCUT2D eigenvalue weighted by Crippen LogP contribution is -2.25. The van der Waals surface area contributed by atoms with E-state index in [9.17, 15) is 9.18 Å². The Labute approximate surface area is 135 Å². The van der Waals surface area contributed by atoms with E-state index in [2.05, 4.69) is 10.5 Å². The first kappa shape index (κ1) is 16.7. The highest BCUT2D eigenvalue weighted by molar-refractivity contribution is 5.83. The molecule has 5 heteroatoms. The van der Waals surface area contributed by atoms with Crippen LogP contribution in [-0.2, 0) is 4.79 Å². The van der Waals surface area contributed by atoms with Crippen molar-refractivity contribution in [3.8, 4) is 5.75 Å². The lowest BCUT2D eigenvalue weighted by atomic mass is 10.1. The van der Waals surface area contributed by atoms with E-state index in [4.69, 9.17) is 4.74 Å². The molecule has 120 valence electrons. The summed E-state index contributed by atoms with van der Waals surface area (Å²) in [4.78, 5) is 11.8. The predicted octanol–water partition coefficient (Wildman–Crippen LogP) is 3.28. The third-order valence-electron chi connectivity index (χ3n) is 3.52. The van der Waals surface area contributed by atoms with Crippen molar-refractivity contribution in [1.29, 1.82) is 0 Å². The second kappa shape index (κ2) is 7.54. The largest absolute Gasteiger partial charge is 0.483 e. The highest BCUT2D eigenvalue weighted by Crippen LogP contribution is 2.25. The molecule has 23 heavy (non-hydrogen) atoms. The van der Waals surface area contributed by atoms with Crippen molar-refractivity contribution in [2.24, 2.45) is 5.10 Å². The van der Waals surface area contributed by atoms with Gasteiger partial charge >= 0.3 is 0 Å². The molecule has 4 nitrogen and oxygen atoms in total. The molecule has 0 unspecified atom stereocenters. The molecule has 0 fully saturated rings. The molecule has 1 N–H and O–H groups in total. The maximum atomic E-state index is 13.4. The maximum Gasteiger partial charge on any atom is 0.277 e. The molecule has 2 aromatic carbocycles. The molecule has 0 aliphatic carbocycles. The molecule has 2 rings (SSSR count). The molecular weight excluding hydrogens is 295 g/mol. The number of rotatable bonds is 5. The Morgan fingerprint density at radius 3 is 2.61 bits per heavy atom. The fraction of sp³-hybridized carbons (Fsp3) is 0.222. The Bertz CT molecular complexity index is 742. The summed E-state index contributed by atoms with van der Waals surface area (Å²) in [6, 6.07) is 10.1. The minimum Gasteiger partial charge on any atom is -0.483 e. The first-order chi connectivity index (χ1) is 11.0. The van der Waals surface area contributed by atoms with Gasteiger partial charge in [-0.2, -0.15) is 5.10 Å². The Balaban J connectivity index is 1.91. The van der Waals surface area contributed by atoms with Crippen LogP contribution in [0.1, 0.15) is 22.3 Å². The smallest absolute Gasteiger partial charge is 0.277 e. The Kier molecular flexibility index (Phi) is 5.46. The molecule has 0 aromatic heterocycles. The van der Waals surface area contributed by atoms with E-state index in [1.165, 1.54) is 12.3 Å². The van der Waals surface area contributed by atoms with E-state index in [0.717, 1.165) is 16.7 Å². The quantitative estimate of drug-likeness (QED) is 0.680. The summed E-state index contributed by atoms with van der Waals surface area (Å²) < 4.78 is 19.0. The minimum absolute atomic E-state index is 0.153. The summed E-state index contributed by atoms with van der Waals surface area (Å²) in [6.45, 7) is 5.71. The van der Waals surface area contributed by atoms with Crippen LogP contribution in [0.25, 0.3) is 0 Å². The third kappa shape index (κ3) is 4.39. The van der Waals surface area contributed by atoms with Gasteiger partial charge in [0.15, 0.2) is 6.61 Å². The van der Waals surface area contributed by atoms with Crippen molar-refractivity contribution < 1.29 is 13.9 Å². The van der Waals surface area contributed by atoms with Gasteiger partial charge in [0.1, 0.15) is 11.6 Å². The van der Waals surface area contributed by atoms with Crippen LogP contribution in [0.15, 0.2) is 41.5 Å². The number of carbonyl (C=O) groups excluding carboxylic acids is 1. The van der Waals surface area contributed by atoms with Crippen LogP contribution in [0, 0.1) is 26.6 Å². The number of nitrogens with zero attached hydrogens (tertiary/aromatic N) is 1. The number of carbonyl (C=O) groups is 1. The van der Waals surface area contributed by atoms with Crippen LogP contribution in [0.4, 0.5) is 4.39 Å². The van der Waals surface area contributed by atoms with E-state index in [1.54, 1.807) is 18.2 Å². The predicted molar refractivity (Wildman–Crippen MR) is 88.3 cm³/mol. The number of nitrogens with one attached hydrogen (secondary N) is 1. The van der Waals surface area contributed by atoms with E-state index < -0.39 is 11.7 Å². The van der Waals surface area contributed by atoms with Gasteiger partial charge < -0.3 is 4.74 Å². The zero-order valence-corrected chi connectivity index (χ0v) is 13.4. The topological polar surface area (TPSA) is 50.7 Å². The van der Waals surface area contributed by atoms with Crippen molar-refractivity contribution in [3.05, 3.63) is 64.5 Å². The molecular formula is C18H19FN2O2. The zero-order valence-electron chi connectivity index (χ0n) is 13.4. The molecule has 0 saturated heterocycles. The number of amides is 1. The van der Waals surface area contributed by atoms with E-state index in [1.807, 2.05) is 32.9 Å². The molecule has 0 atom stereocenters. The second-order valence-corrected chi connectivity index (χ2v) is 5.26. The SMILES string of the molecule is Cc1ccc(C)c(OCC(=O)NN=Cc2ccccc2F)c1C. The highest BCUT2D eigenvalue weighted by Gasteiger charge is 2.08.